The first-order valence-electron chi connectivity index (χ1n) is 6.89. The first kappa shape index (κ1) is 12.7. The molecule has 102 valence electrons. The molecule has 0 saturated heterocycles. The van der Waals surface area contributed by atoms with Crippen LogP contribution >= 0.6 is 11.6 Å². The highest BCUT2D eigenvalue weighted by Gasteiger charge is 2.21. The number of nitrogens with one attached hydrogen (secondary N) is 2. The van der Waals surface area contributed by atoms with Crippen LogP contribution in [0, 0.1) is 5.92 Å². The quantitative estimate of drug-likeness (QED) is 0.845. The Kier molecular flexibility index (Phi) is 3.55. The number of halogens is 1. The minimum Gasteiger partial charge on any atom is -0.365 e. The molecule has 0 amide bonds. The van der Waals surface area contributed by atoms with Crippen LogP contribution < -0.4 is 5.32 Å². The largest absolute Gasteiger partial charge is 0.365 e. The number of hydrogen-bond acceptors (Lipinski definition) is 4. The first-order chi connectivity index (χ1) is 9.26. The van der Waals surface area contributed by atoms with Crippen LogP contribution in [0.4, 0.5) is 5.82 Å². The number of nitrogens with zero attached hydrogens (tertiary/aromatic N) is 3. The molecule has 6 heteroatoms. The Morgan fingerprint density at radius 3 is 2.84 bits per heavy atom. The molecule has 0 aromatic carbocycles. The summed E-state index contributed by atoms with van der Waals surface area (Å²) < 4.78 is 0. The highest BCUT2D eigenvalue weighted by Crippen LogP contribution is 2.29. The number of aromatic nitrogens is 4. The number of rotatable bonds is 3. The number of fused-ring (bicyclic) bond motifs is 1. The van der Waals surface area contributed by atoms with Crippen molar-refractivity contribution in [3.8, 4) is 0 Å². The average Bonchev–Trinajstić information content (AvgIpc) is 2.88. The second-order valence-corrected chi connectivity index (χ2v) is 5.55. The standard InChI is InChI=1S/C13H18ClN5/c1-2-8-3-5-9(6-4-8)17-12-10-11(16-7-15-10)18-13(14)19-12/h7-9H,2-6H2,1H3,(H2,15,16,17,18,19). The summed E-state index contributed by atoms with van der Waals surface area (Å²) in [6.45, 7) is 2.27. The van der Waals surface area contributed by atoms with Crippen molar-refractivity contribution in [1.29, 1.82) is 0 Å². The fourth-order valence-corrected chi connectivity index (χ4v) is 2.98. The van der Waals surface area contributed by atoms with Gasteiger partial charge in [-0.1, -0.05) is 13.3 Å². The molecule has 0 radical (unpaired) electrons. The zero-order valence-electron chi connectivity index (χ0n) is 11.0. The fourth-order valence-electron chi connectivity index (χ4n) is 2.82. The van der Waals surface area contributed by atoms with Crippen molar-refractivity contribution in [2.45, 2.75) is 45.1 Å². The molecular formula is C13H18ClN5. The lowest BCUT2D eigenvalue weighted by atomic mass is 9.84. The van der Waals surface area contributed by atoms with E-state index in [-0.39, 0.29) is 5.28 Å². The Balaban J connectivity index is 1.76. The Morgan fingerprint density at radius 1 is 1.32 bits per heavy atom. The second-order valence-electron chi connectivity index (χ2n) is 5.21. The maximum Gasteiger partial charge on any atom is 0.226 e. The lowest BCUT2D eigenvalue weighted by molar-refractivity contribution is 0.330. The monoisotopic (exact) mass is 279 g/mol. The van der Waals surface area contributed by atoms with Gasteiger partial charge in [0.15, 0.2) is 11.5 Å². The second kappa shape index (κ2) is 5.33. The summed E-state index contributed by atoms with van der Waals surface area (Å²) >= 11 is 5.93. The van der Waals surface area contributed by atoms with Crippen LogP contribution in [0.3, 0.4) is 0 Å². The topological polar surface area (TPSA) is 66.5 Å². The minimum atomic E-state index is 0.240. The normalized spacial score (nSPS) is 23.7. The van der Waals surface area contributed by atoms with Gasteiger partial charge in [0.25, 0.3) is 0 Å². The maximum absolute atomic E-state index is 5.93. The van der Waals surface area contributed by atoms with Crippen molar-refractivity contribution in [3.63, 3.8) is 0 Å². The van der Waals surface area contributed by atoms with E-state index in [0.29, 0.717) is 11.7 Å². The molecule has 3 rings (SSSR count). The van der Waals surface area contributed by atoms with Gasteiger partial charge in [0.1, 0.15) is 5.52 Å². The number of H-pyrrole nitrogens is 1. The molecule has 1 fully saturated rings. The summed E-state index contributed by atoms with van der Waals surface area (Å²) in [5, 5.41) is 3.73. The molecule has 2 heterocycles. The van der Waals surface area contributed by atoms with E-state index in [1.165, 1.54) is 32.1 Å². The Hall–Kier alpha value is -1.36. The van der Waals surface area contributed by atoms with Crippen LogP contribution in [-0.2, 0) is 0 Å². The molecule has 0 unspecified atom stereocenters. The smallest absolute Gasteiger partial charge is 0.226 e. The SMILES string of the molecule is CCC1CCC(Nc2nc(Cl)nc3nc[nH]c23)CC1. The maximum atomic E-state index is 5.93. The number of anilines is 1. The van der Waals surface area contributed by atoms with Crippen molar-refractivity contribution in [2.75, 3.05) is 5.32 Å². The zero-order valence-corrected chi connectivity index (χ0v) is 11.7. The van der Waals surface area contributed by atoms with Gasteiger partial charge in [-0.05, 0) is 43.2 Å². The molecule has 2 aromatic heterocycles. The van der Waals surface area contributed by atoms with Crippen LogP contribution in [0.25, 0.3) is 11.2 Å². The summed E-state index contributed by atoms with van der Waals surface area (Å²) in [5.74, 6) is 1.66. The average molecular weight is 280 g/mol. The molecule has 2 aromatic rings. The van der Waals surface area contributed by atoms with Crippen molar-refractivity contribution in [2.24, 2.45) is 5.92 Å². The van der Waals surface area contributed by atoms with Crippen LogP contribution in [-0.4, -0.2) is 26.0 Å². The van der Waals surface area contributed by atoms with Crippen LogP contribution in [0.2, 0.25) is 5.28 Å². The van der Waals surface area contributed by atoms with E-state index in [1.807, 2.05) is 0 Å². The molecule has 0 spiro atoms. The Bertz CT molecular complexity index is 559. The summed E-state index contributed by atoms with van der Waals surface area (Å²) in [5.41, 5.74) is 1.45. The summed E-state index contributed by atoms with van der Waals surface area (Å²) in [6.07, 6.45) is 7.87. The van der Waals surface area contributed by atoms with Gasteiger partial charge >= 0.3 is 0 Å². The number of aromatic amines is 1. The van der Waals surface area contributed by atoms with E-state index in [1.54, 1.807) is 6.33 Å². The zero-order chi connectivity index (χ0) is 13.2. The van der Waals surface area contributed by atoms with Gasteiger partial charge in [-0.3, -0.25) is 0 Å². The van der Waals surface area contributed by atoms with E-state index >= 15 is 0 Å². The van der Waals surface area contributed by atoms with E-state index in [2.05, 4.69) is 32.2 Å². The molecule has 1 saturated carbocycles. The van der Waals surface area contributed by atoms with Crippen molar-refractivity contribution >= 4 is 28.6 Å². The summed E-state index contributed by atoms with van der Waals surface area (Å²) in [6, 6.07) is 0.472. The lowest BCUT2D eigenvalue weighted by Crippen LogP contribution is -2.26. The van der Waals surface area contributed by atoms with E-state index in [0.717, 1.165) is 17.3 Å². The van der Waals surface area contributed by atoms with Gasteiger partial charge in [-0.2, -0.15) is 9.97 Å². The molecule has 2 N–H and O–H groups in total. The van der Waals surface area contributed by atoms with Crippen molar-refractivity contribution < 1.29 is 0 Å². The van der Waals surface area contributed by atoms with Gasteiger partial charge in [0.2, 0.25) is 5.28 Å². The predicted octanol–water partition coefficient (Wildman–Crippen LogP) is 3.39. The van der Waals surface area contributed by atoms with Gasteiger partial charge in [-0.25, -0.2) is 4.98 Å². The van der Waals surface area contributed by atoms with Crippen molar-refractivity contribution in [3.05, 3.63) is 11.6 Å². The first-order valence-corrected chi connectivity index (χ1v) is 7.27. The van der Waals surface area contributed by atoms with E-state index < -0.39 is 0 Å². The van der Waals surface area contributed by atoms with Crippen LogP contribution in [0.1, 0.15) is 39.0 Å². The predicted molar refractivity (Wildman–Crippen MR) is 76.4 cm³/mol. The molecule has 1 aliphatic carbocycles. The Labute approximate surface area is 117 Å². The highest BCUT2D eigenvalue weighted by molar-refractivity contribution is 6.28. The van der Waals surface area contributed by atoms with E-state index in [4.69, 9.17) is 11.6 Å². The van der Waals surface area contributed by atoms with Gasteiger partial charge in [0, 0.05) is 6.04 Å². The minimum absolute atomic E-state index is 0.240. The number of imidazole rings is 1. The third-order valence-corrected chi connectivity index (χ3v) is 4.19. The molecule has 19 heavy (non-hydrogen) atoms. The number of hydrogen-bond donors (Lipinski definition) is 2. The Morgan fingerprint density at radius 2 is 2.11 bits per heavy atom. The molecule has 5 nitrogen and oxygen atoms in total. The highest BCUT2D eigenvalue weighted by atomic mass is 35.5. The molecule has 0 bridgehead atoms. The molecular weight excluding hydrogens is 262 g/mol. The molecule has 1 aliphatic rings. The van der Waals surface area contributed by atoms with Gasteiger partial charge < -0.3 is 10.3 Å². The lowest BCUT2D eigenvalue weighted by Gasteiger charge is -2.28. The molecule has 0 aliphatic heterocycles. The summed E-state index contributed by atoms with van der Waals surface area (Å²) in [4.78, 5) is 15.6. The van der Waals surface area contributed by atoms with Gasteiger partial charge in [-0.15, -0.1) is 0 Å². The summed E-state index contributed by atoms with van der Waals surface area (Å²) in [7, 11) is 0. The van der Waals surface area contributed by atoms with Gasteiger partial charge in [0.05, 0.1) is 6.33 Å². The van der Waals surface area contributed by atoms with Crippen LogP contribution in [0.5, 0.6) is 0 Å². The third kappa shape index (κ3) is 2.66. The fraction of sp³-hybridized carbons (Fsp3) is 0.615. The van der Waals surface area contributed by atoms with E-state index in [9.17, 15) is 0 Å². The third-order valence-electron chi connectivity index (χ3n) is 4.02. The van der Waals surface area contributed by atoms with Crippen molar-refractivity contribution in [1.82, 2.24) is 19.9 Å². The molecule has 0 atom stereocenters. The van der Waals surface area contributed by atoms with Crippen LogP contribution in [0.15, 0.2) is 6.33 Å².